The lowest BCUT2D eigenvalue weighted by Gasteiger charge is -2.30. The molecule has 0 aliphatic rings. The highest BCUT2D eigenvalue weighted by molar-refractivity contribution is 7.45. The van der Waals surface area contributed by atoms with E-state index in [1.807, 2.05) is 33.3 Å². The van der Waals surface area contributed by atoms with Gasteiger partial charge in [-0.05, 0) is 102 Å². The van der Waals surface area contributed by atoms with Crippen molar-refractivity contribution in [2.45, 2.75) is 270 Å². The average Bonchev–Trinajstić information content (AvgIpc) is 3.38. The van der Waals surface area contributed by atoms with Crippen LogP contribution in [0.2, 0.25) is 0 Å². The normalized spacial score (nSPS) is 14.4. The number of hydrogen-bond donors (Lipinski definition) is 1. The minimum Gasteiger partial charge on any atom is -0.756 e. The first-order valence-electron chi connectivity index (χ1n) is 31.0. The molecule has 0 saturated carbocycles. The number of ether oxygens (including phenoxy) is 1. The van der Waals surface area contributed by atoms with Gasteiger partial charge < -0.3 is 28.5 Å². The molecule has 0 aliphatic heterocycles. The summed E-state index contributed by atoms with van der Waals surface area (Å²) >= 11 is 0. The summed E-state index contributed by atoms with van der Waals surface area (Å²) in [7, 11) is 1.16. The first-order valence-corrected chi connectivity index (χ1v) is 32.5. The van der Waals surface area contributed by atoms with E-state index in [1.54, 1.807) is 0 Å². The monoisotopic (exact) mass is 1080 g/mol. The summed E-state index contributed by atoms with van der Waals surface area (Å²) in [5.41, 5.74) is 0. The summed E-state index contributed by atoms with van der Waals surface area (Å²) in [4.78, 5) is 40.0. The Balaban J connectivity index is 5.27. The van der Waals surface area contributed by atoms with Crippen molar-refractivity contribution < 1.29 is 37.3 Å². The Morgan fingerprint density at radius 1 is 0.474 bits per heavy atom. The molecule has 0 aromatic heterocycles. The topological polar surface area (TPSA) is 114 Å². The quantitative estimate of drug-likeness (QED) is 0.0212. The molecule has 0 bridgehead atoms. The number of esters is 1. The number of allylic oxidation sites excluding steroid dienone is 15. The molecule has 0 heterocycles. The number of nitrogens with zero attached hydrogens (tertiary/aromatic N) is 1. The molecule has 0 aliphatic carbocycles. The molecule has 0 rings (SSSR count). The van der Waals surface area contributed by atoms with Gasteiger partial charge in [0.1, 0.15) is 19.3 Å². The molecule has 10 heteroatoms. The Morgan fingerprint density at radius 2 is 0.842 bits per heavy atom. The predicted molar refractivity (Wildman–Crippen MR) is 325 cm³/mol. The van der Waals surface area contributed by atoms with E-state index < -0.39 is 26.6 Å². The van der Waals surface area contributed by atoms with Gasteiger partial charge in [0, 0.05) is 12.8 Å². The Morgan fingerprint density at radius 3 is 1.26 bits per heavy atom. The maximum atomic E-state index is 13.5. The van der Waals surface area contributed by atoms with Gasteiger partial charge in [-0.2, -0.15) is 0 Å². The van der Waals surface area contributed by atoms with Gasteiger partial charge in [-0.15, -0.1) is 0 Å². The third-order valence-electron chi connectivity index (χ3n) is 13.3. The zero-order valence-electron chi connectivity index (χ0n) is 49.9. The van der Waals surface area contributed by atoms with Crippen molar-refractivity contribution in [2.24, 2.45) is 0 Å². The van der Waals surface area contributed by atoms with Crippen molar-refractivity contribution in [3.05, 3.63) is 97.2 Å². The number of carbonyl (C=O) groups is 2. The molecule has 0 spiro atoms. The van der Waals surface area contributed by atoms with E-state index in [4.69, 9.17) is 13.8 Å². The van der Waals surface area contributed by atoms with Crippen LogP contribution in [-0.4, -0.2) is 69.4 Å². The molecule has 0 radical (unpaired) electrons. The van der Waals surface area contributed by atoms with E-state index in [2.05, 4.69) is 111 Å². The number of rotatable bonds is 55. The second-order valence-corrected chi connectivity index (χ2v) is 23.2. The smallest absolute Gasteiger partial charge is 0.306 e. The molecule has 0 fully saturated rings. The van der Waals surface area contributed by atoms with Gasteiger partial charge in [-0.25, -0.2) is 0 Å². The zero-order valence-corrected chi connectivity index (χ0v) is 50.8. The molecule has 438 valence electrons. The first-order chi connectivity index (χ1) is 36.9. The predicted octanol–water partition coefficient (Wildman–Crippen LogP) is 18.5. The van der Waals surface area contributed by atoms with E-state index in [-0.39, 0.29) is 24.9 Å². The number of quaternary nitrogens is 1. The number of nitrogens with one attached hydrogen (secondary N) is 1. The number of likely N-dealkylation sites (N-methyl/N-ethyl adjacent to an activating group) is 1. The summed E-state index contributed by atoms with van der Waals surface area (Å²) in [5, 5.41) is 3.02. The second kappa shape index (κ2) is 55.3. The van der Waals surface area contributed by atoms with Gasteiger partial charge >= 0.3 is 5.97 Å². The van der Waals surface area contributed by atoms with Gasteiger partial charge in [0.2, 0.25) is 5.91 Å². The minimum atomic E-state index is -4.71. The second-order valence-electron chi connectivity index (χ2n) is 21.8. The van der Waals surface area contributed by atoms with Gasteiger partial charge in [0.15, 0.2) is 0 Å². The van der Waals surface area contributed by atoms with Crippen molar-refractivity contribution in [1.29, 1.82) is 0 Å². The lowest BCUT2D eigenvalue weighted by molar-refractivity contribution is -0.870. The summed E-state index contributed by atoms with van der Waals surface area (Å²) in [5.74, 6) is -0.566. The number of amides is 1. The molecule has 76 heavy (non-hydrogen) atoms. The van der Waals surface area contributed by atoms with Crippen molar-refractivity contribution in [1.82, 2.24) is 5.32 Å². The fourth-order valence-electron chi connectivity index (χ4n) is 8.53. The molecule has 1 N–H and O–H groups in total. The highest BCUT2D eigenvalue weighted by atomic mass is 31.2. The minimum absolute atomic E-state index is 0.0301. The molecule has 0 aromatic rings. The summed E-state index contributed by atoms with van der Waals surface area (Å²) in [6, 6.07) is -0.902. The van der Waals surface area contributed by atoms with Gasteiger partial charge in [-0.3, -0.25) is 14.2 Å². The SMILES string of the molecule is CC/C=C\C/C=C\C/C=C\C/C=C\C/C=C\CCCCCCCCCC(=O)OC(/C=C\CCCCCCCCCCCCC)C(COP(=O)([O-])OCC[N+](C)(C)C)NC(=O)CCCCCCCCC/C=C/C/C=C/CC. The molecule has 0 aromatic carbocycles. The van der Waals surface area contributed by atoms with Crippen molar-refractivity contribution in [2.75, 3.05) is 40.9 Å². The lowest BCUT2D eigenvalue weighted by atomic mass is 10.0. The molecular weight excluding hydrogens is 964 g/mol. The van der Waals surface area contributed by atoms with Gasteiger partial charge in [0.25, 0.3) is 7.82 Å². The van der Waals surface area contributed by atoms with Crippen LogP contribution in [0.1, 0.15) is 258 Å². The third-order valence-corrected chi connectivity index (χ3v) is 14.2. The van der Waals surface area contributed by atoms with Gasteiger partial charge in [-0.1, -0.05) is 240 Å². The molecule has 3 atom stereocenters. The number of hydrogen-bond acceptors (Lipinski definition) is 7. The largest absolute Gasteiger partial charge is 0.756 e. The average molecular weight is 1080 g/mol. The van der Waals surface area contributed by atoms with Crippen LogP contribution in [-0.2, 0) is 27.9 Å². The molecule has 3 unspecified atom stereocenters. The highest BCUT2D eigenvalue weighted by Gasteiger charge is 2.27. The van der Waals surface area contributed by atoms with Crippen LogP contribution < -0.4 is 10.2 Å². The summed E-state index contributed by atoms with van der Waals surface area (Å²) in [6.45, 7) is 6.61. The van der Waals surface area contributed by atoms with E-state index >= 15 is 0 Å². The summed E-state index contributed by atoms with van der Waals surface area (Å²) in [6.07, 6.45) is 73.7. The number of carbonyl (C=O) groups excluding carboxylic acids is 2. The third kappa shape index (κ3) is 55.7. The van der Waals surface area contributed by atoms with Crippen LogP contribution in [0.15, 0.2) is 97.2 Å². The van der Waals surface area contributed by atoms with Gasteiger partial charge in [0.05, 0.1) is 33.8 Å². The molecular formula is C66H117N2O7P. The first kappa shape index (κ1) is 72.9. The number of phosphoric acid groups is 1. The van der Waals surface area contributed by atoms with E-state index in [1.165, 1.54) is 96.3 Å². The van der Waals surface area contributed by atoms with Crippen molar-refractivity contribution in [3.8, 4) is 0 Å². The molecule has 0 saturated heterocycles. The molecule has 9 nitrogen and oxygen atoms in total. The van der Waals surface area contributed by atoms with Crippen molar-refractivity contribution >= 4 is 19.7 Å². The van der Waals surface area contributed by atoms with Crippen LogP contribution in [0.3, 0.4) is 0 Å². The Kier molecular flexibility index (Phi) is 53.0. The Hall–Kier alpha value is -3.07. The number of unbranched alkanes of at least 4 members (excludes halogenated alkanes) is 25. The number of phosphoric ester groups is 1. The fraction of sp³-hybridized carbons (Fsp3) is 0.727. The lowest BCUT2D eigenvalue weighted by Crippen LogP contribution is -2.47. The zero-order chi connectivity index (χ0) is 55.7. The fourth-order valence-corrected chi connectivity index (χ4v) is 9.25. The highest BCUT2D eigenvalue weighted by Crippen LogP contribution is 2.38. The maximum absolute atomic E-state index is 13.5. The van der Waals surface area contributed by atoms with Crippen LogP contribution in [0.4, 0.5) is 0 Å². The summed E-state index contributed by atoms with van der Waals surface area (Å²) < 4.78 is 30.3. The Bertz CT molecular complexity index is 1620. The van der Waals surface area contributed by atoms with Crippen LogP contribution in [0.5, 0.6) is 0 Å². The maximum Gasteiger partial charge on any atom is 0.306 e. The van der Waals surface area contributed by atoms with E-state index in [9.17, 15) is 19.0 Å². The molecule has 1 amide bonds. The van der Waals surface area contributed by atoms with Crippen molar-refractivity contribution in [3.63, 3.8) is 0 Å². The van der Waals surface area contributed by atoms with E-state index in [0.29, 0.717) is 23.9 Å². The van der Waals surface area contributed by atoms with Crippen LogP contribution >= 0.6 is 7.82 Å². The van der Waals surface area contributed by atoms with Crippen LogP contribution in [0.25, 0.3) is 0 Å². The van der Waals surface area contributed by atoms with E-state index in [0.717, 1.165) is 122 Å². The standard InChI is InChI=1S/C66H117N2O7P/c1-7-10-13-16-19-22-25-28-30-31-32-33-34-35-36-37-38-41-44-47-50-53-56-59-66(70)75-64(57-54-51-48-45-42-39-27-24-21-18-15-12-9-3)63(62-74-76(71,72)73-61-60-68(4,5)6)67-65(69)58-55-52-49-46-43-40-29-26-23-20-17-14-11-8-2/h10-11,13-14,19-20,22-23,28,30,32-33,35-36,54,57,63-64H,7-9,12,15-18,21,24-27,29,31,34,37-53,55-56,58-62H2,1-6H3,(H-,67,69,71,72)/b13-10-,14-11+,22-19-,23-20+,30-28-,33-32-,36-35-,57-54-. The Labute approximate surface area is 468 Å². The van der Waals surface area contributed by atoms with Crippen LogP contribution in [0, 0.1) is 0 Å².